The van der Waals surface area contributed by atoms with Crippen molar-refractivity contribution in [1.29, 1.82) is 0 Å². The summed E-state index contributed by atoms with van der Waals surface area (Å²) in [7, 11) is 1.80. The summed E-state index contributed by atoms with van der Waals surface area (Å²) >= 11 is 6.39. The van der Waals surface area contributed by atoms with Gasteiger partial charge in [-0.2, -0.15) is 5.10 Å². The second-order valence-electron chi connectivity index (χ2n) is 7.23. The molecule has 4 rings (SSSR count). The van der Waals surface area contributed by atoms with Gasteiger partial charge in [0, 0.05) is 49.7 Å². The Morgan fingerprint density at radius 2 is 1.84 bits per heavy atom. The molecule has 1 aromatic heterocycles. The molecule has 1 saturated heterocycles. The van der Waals surface area contributed by atoms with Crippen LogP contribution in [0.2, 0.25) is 5.02 Å². The van der Waals surface area contributed by atoms with Crippen LogP contribution in [0.15, 0.2) is 42.6 Å². The molecule has 3 aromatic rings. The van der Waals surface area contributed by atoms with Crippen molar-refractivity contribution in [1.82, 2.24) is 14.7 Å². The molecule has 0 amide bonds. The Kier molecular flexibility index (Phi) is 6.70. The molecule has 0 spiro atoms. The molecule has 1 aliphatic rings. The highest BCUT2D eigenvalue weighted by molar-refractivity contribution is 6.33. The van der Waals surface area contributed by atoms with Gasteiger partial charge in [-0.05, 0) is 30.3 Å². The van der Waals surface area contributed by atoms with E-state index in [1.165, 1.54) is 6.07 Å². The summed E-state index contributed by atoms with van der Waals surface area (Å²) in [5.41, 5.74) is 2.57. The van der Waals surface area contributed by atoms with E-state index in [0.717, 1.165) is 50.5 Å². The Morgan fingerprint density at radius 3 is 2.55 bits per heavy atom. The van der Waals surface area contributed by atoms with E-state index in [2.05, 4.69) is 15.3 Å². The Bertz CT molecular complexity index is 1030. The molecule has 164 valence electrons. The number of nitrogens with one attached hydrogen (secondary N) is 1. The minimum atomic E-state index is -0.914. The molecule has 0 unspecified atom stereocenters. The summed E-state index contributed by atoms with van der Waals surface area (Å²) < 4.78 is 39.9. The average molecular weight is 449 g/mol. The largest absolute Gasteiger partial charge is 0.492 e. The van der Waals surface area contributed by atoms with Gasteiger partial charge in [0.2, 0.25) is 0 Å². The van der Waals surface area contributed by atoms with Gasteiger partial charge < -0.3 is 14.8 Å². The van der Waals surface area contributed by atoms with Gasteiger partial charge in [-0.3, -0.25) is 9.58 Å². The number of anilines is 2. The molecule has 0 saturated carbocycles. The summed E-state index contributed by atoms with van der Waals surface area (Å²) in [5, 5.41) is 7.80. The number of ether oxygens (including phenoxy) is 2. The maximum absolute atomic E-state index is 13.6. The summed E-state index contributed by atoms with van der Waals surface area (Å²) in [6.45, 7) is 4.55. The van der Waals surface area contributed by atoms with E-state index in [4.69, 9.17) is 21.1 Å². The average Bonchev–Trinajstić information content (AvgIpc) is 3.10. The number of nitrogens with zero attached hydrogens (tertiary/aromatic N) is 3. The summed E-state index contributed by atoms with van der Waals surface area (Å²) in [6.07, 6.45) is 1.57. The lowest BCUT2D eigenvalue weighted by molar-refractivity contribution is 0.0323. The van der Waals surface area contributed by atoms with E-state index in [1.54, 1.807) is 17.9 Å². The van der Waals surface area contributed by atoms with Gasteiger partial charge in [0.15, 0.2) is 11.6 Å². The Labute approximate surface area is 184 Å². The maximum atomic E-state index is 13.6. The van der Waals surface area contributed by atoms with Crippen LogP contribution in [0.25, 0.3) is 11.3 Å². The predicted molar refractivity (Wildman–Crippen MR) is 116 cm³/mol. The van der Waals surface area contributed by atoms with Gasteiger partial charge in [-0.25, -0.2) is 8.78 Å². The van der Waals surface area contributed by atoms with Gasteiger partial charge in [-0.15, -0.1) is 0 Å². The molecule has 1 aliphatic heterocycles. The number of halogens is 3. The van der Waals surface area contributed by atoms with Crippen LogP contribution in [-0.4, -0.2) is 54.1 Å². The normalized spacial score (nSPS) is 14.6. The van der Waals surface area contributed by atoms with Gasteiger partial charge in [0.25, 0.3) is 0 Å². The minimum absolute atomic E-state index is 0.432. The zero-order valence-electron chi connectivity index (χ0n) is 17.1. The van der Waals surface area contributed by atoms with E-state index in [9.17, 15) is 8.78 Å². The third kappa shape index (κ3) is 5.15. The van der Waals surface area contributed by atoms with Crippen LogP contribution in [0.5, 0.6) is 5.75 Å². The fraction of sp³-hybridized carbons (Fsp3) is 0.318. The molecule has 2 aromatic carbocycles. The Balaban J connectivity index is 1.57. The van der Waals surface area contributed by atoms with Gasteiger partial charge >= 0.3 is 0 Å². The minimum Gasteiger partial charge on any atom is -0.492 e. The summed E-state index contributed by atoms with van der Waals surface area (Å²) in [4.78, 5) is 2.29. The van der Waals surface area contributed by atoms with Crippen molar-refractivity contribution in [3.8, 4) is 17.0 Å². The molecule has 2 heterocycles. The van der Waals surface area contributed by atoms with Crippen molar-refractivity contribution in [3.63, 3.8) is 0 Å². The zero-order chi connectivity index (χ0) is 21.8. The van der Waals surface area contributed by atoms with Crippen molar-refractivity contribution in [3.05, 3.63) is 59.3 Å². The highest BCUT2D eigenvalue weighted by Crippen LogP contribution is 2.37. The van der Waals surface area contributed by atoms with Gasteiger partial charge in [-0.1, -0.05) is 11.6 Å². The second-order valence-corrected chi connectivity index (χ2v) is 7.64. The lowest BCUT2D eigenvalue weighted by atomic mass is 10.1. The Morgan fingerprint density at radius 1 is 1.10 bits per heavy atom. The number of hydrogen-bond acceptors (Lipinski definition) is 5. The van der Waals surface area contributed by atoms with Crippen molar-refractivity contribution in [2.45, 2.75) is 0 Å². The van der Waals surface area contributed by atoms with Crippen molar-refractivity contribution in [2.24, 2.45) is 7.05 Å². The third-order valence-electron chi connectivity index (χ3n) is 5.11. The van der Waals surface area contributed by atoms with E-state index in [0.29, 0.717) is 34.4 Å². The lowest BCUT2D eigenvalue weighted by Crippen LogP contribution is -2.38. The fourth-order valence-electron chi connectivity index (χ4n) is 3.48. The fourth-order valence-corrected chi connectivity index (χ4v) is 3.75. The molecule has 31 heavy (non-hydrogen) atoms. The maximum Gasteiger partial charge on any atom is 0.160 e. The van der Waals surface area contributed by atoms with E-state index in [1.807, 2.05) is 18.2 Å². The number of aromatic nitrogens is 2. The Hall–Kier alpha value is -2.68. The SMILES string of the molecule is Cn1ncc(Cl)c1-c1cc(Nc2ccc(F)c(F)c2)ccc1OCCN1CCOCC1. The second kappa shape index (κ2) is 9.64. The zero-order valence-corrected chi connectivity index (χ0v) is 17.8. The first-order chi connectivity index (χ1) is 15.0. The van der Waals surface area contributed by atoms with Crippen LogP contribution in [-0.2, 0) is 11.8 Å². The first kappa shape index (κ1) is 21.5. The van der Waals surface area contributed by atoms with Crippen LogP contribution >= 0.6 is 11.6 Å². The number of hydrogen-bond donors (Lipinski definition) is 1. The van der Waals surface area contributed by atoms with E-state index < -0.39 is 11.6 Å². The molecule has 6 nitrogen and oxygen atoms in total. The molecule has 1 N–H and O–H groups in total. The number of benzene rings is 2. The number of morpholine rings is 1. The van der Waals surface area contributed by atoms with Crippen LogP contribution in [0, 0.1) is 11.6 Å². The molecular formula is C22H23ClF2N4O2. The summed E-state index contributed by atoms with van der Waals surface area (Å²) in [6, 6.07) is 9.17. The predicted octanol–water partition coefficient (Wildman–Crippen LogP) is 4.47. The van der Waals surface area contributed by atoms with Gasteiger partial charge in [0.05, 0.1) is 30.1 Å². The standard InChI is InChI=1S/C22H23ClF2N4O2/c1-28-22(18(23)14-26-28)17-12-15(27-16-2-4-19(24)20(25)13-16)3-5-21(17)31-11-8-29-6-9-30-10-7-29/h2-5,12-14,27H,6-11H2,1H3. The molecule has 0 bridgehead atoms. The van der Waals surface area contributed by atoms with E-state index >= 15 is 0 Å². The van der Waals surface area contributed by atoms with Gasteiger partial charge in [0.1, 0.15) is 12.4 Å². The monoisotopic (exact) mass is 448 g/mol. The van der Waals surface area contributed by atoms with Crippen molar-refractivity contribution >= 4 is 23.0 Å². The van der Waals surface area contributed by atoms with Crippen LogP contribution < -0.4 is 10.1 Å². The first-order valence-electron chi connectivity index (χ1n) is 9.98. The molecule has 0 atom stereocenters. The highest BCUT2D eigenvalue weighted by atomic mass is 35.5. The van der Waals surface area contributed by atoms with Crippen LogP contribution in [0.4, 0.5) is 20.2 Å². The highest BCUT2D eigenvalue weighted by Gasteiger charge is 2.17. The molecule has 0 aliphatic carbocycles. The molecule has 9 heteroatoms. The summed E-state index contributed by atoms with van der Waals surface area (Å²) in [5.74, 6) is -1.14. The van der Waals surface area contributed by atoms with Crippen LogP contribution in [0.1, 0.15) is 0 Å². The molecule has 1 fully saturated rings. The molecule has 0 radical (unpaired) electrons. The quantitative estimate of drug-likeness (QED) is 0.578. The number of rotatable bonds is 7. The van der Waals surface area contributed by atoms with Crippen LogP contribution in [0.3, 0.4) is 0 Å². The topological polar surface area (TPSA) is 51.5 Å². The first-order valence-corrected chi connectivity index (χ1v) is 10.4. The molecular weight excluding hydrogens is 426 g/mol. The third-order valence-corrected chi connectivity index (χ3v) is 5.38. The van der Waals surface area contributed by atoms with Crippen molar-refractivity contribution < 1.29 is 18.3 Å². The lowest BCUT2D eigenvalue weighted by Gasteiger charge is -2.26. The van der Waals surface area contributed by atoms with Crippen molar-refractivity contribution in [2.75, 3.05) is 44.8 Å². The number of aryl methyl sites for hydroxylation is 1. The van der Waals surface area contributed by atoms with E-state index in [-0.39, 0.29) is 0 Å². The smallest absolute Gasteiger partial charge is 0.160 e.